The second-order valence-electron chi connectivity index (χ2n) is 3.64. The molecule has 18 heavy (non-hydrogen) atoms. The summed E-state index contributed by atoms with van der Waals surface area (Å²) < 4.78 is 4.98. The Labute approximate surface area is 104 Å². The minimum Gasteiger partial charge on any atom is -0.481 e. The van der Waals surface area contributed by atoms with Gasteiger partial charge in [-0.05, 0) is 6.07 Å². The van der Waals surface area contributed by atoms with Crippen molar-refractivity contribution in [1.82, 2.24) is 0 Å². The molecular weight excluding hydrogens is 240 g/mol. The molecule has 1 rings (SSSR count). The quantitative estimate of drug-likeness (QED) is 0.564. The van der Waals surface area contributed by atoms with E-state index in [9.17, 15) is 14.9 Å². The molecule has 0 radical (unpaired) electrons. The molecule has 0 aliphatic rings. The summed E-state index contributed by atoms with van der Waals surface area (Å²) in [5.74, 6) is -0.956. The summed E-state index contributed by atoms with van der Waals surface area (Å²) in [5, 5.41) is 22.1. The summed E-state index contributed by atoms with van der Waals surface area (Å²) in [6, 6.07) is 5.99. The van der Waals surface area contributed by atoms with Gasteiger partial charge in [-0.3, -0.25) is 14.9 Å². The van der Waals surface area contributed by atoms with Gasteiger partial charge in [0.1, 0.15) is 0 Å². The van der Waals surface area contributed by atoms with E-state index in [2.05, 4.69) is 5.32 Å². The maximum atomic E-state index is 10.6. The lowest BCUT2D eigenvalue weighted by Crippen LogP contribution is -2.24. The molecule has 0 spiro atoms. The average molecular weight is 254 g/mol. The van der Waals surface area contributed by atoms with Crippen LogP contribution in [-0.2, 0) is 9.53 Å². The Morgan fingerprint density at radius 3 is 2.89 bits per heavy atom. The number of nitrogens with one attached hydrogen (secondary N) is 1. The molecule has 2 N–H and O–H groups in total. The second-order valence-corrected chi connectivity index (χ2v) is 3.64. The molecule has 0 amide bonds. The molecule has 1 aromatic carbocycles. The molecule has 0 aromatic heterocycles. The van der Waals surface area contributed by atoms with Crippen molar-refractivity contribution in [1.29, 1.82) is 0 Å². The third kappa shape index (κ3) is 4.38. The summed E-state index contributed by atoms with van der Waals surface area (Å²) in [5.41, 5.74) is 0.531. The van der Waals surface area contributed by atoms with Crippen LogP contribution in [0.5, 0.6) is 0 Å². The zero-order chi connectivity index (χ0) is 13.5. The summed E-state index contributed by atoms with van der Waals surface area (Å²) in [6.45, 7) is 0.268. The van der Waals surface area contributed by atoms with Crippen molar-refractivity contribution in [2.45, 2.75) is 12.5 Å². The molecule has 1 unspecified atom stereocenters. The van der Waals surface area contributed by atoms with Crippen LogP contribution in [0, 0.1) is 10.1 Å². The number of carboxylic acids is 1. The number of nitro groups is 1. The fourth-order valence-electron chi connectivity index (χ4n) is 1.39. The van der Waals surface area contributed by atoms with E-state index in [0.717, 1.165) is 0 Å². The lowest BCUT2D eigenvalue weighted by atomic mass is 10.2. The highest BCUT2D eigenvalue weighted by Gasteiger charge is 2.12. The first-order valence-corrected chi connectivity index (χ1v) is 5.26. The predicted molar refractivity (Wildman–Crippen MR) is 64.6 cm³/mol. The smallest absolute Gasteiger partial charge is 0.306 e. The summed E-state index contributed by atoms with van der Waals surface area (Å²) >= 11 is 0. The van der Waals surface area contributed by atoms with E-state index in [1.165, 1.54) is 19.2 Å². The van der Waals surface area contributed by atoms with E-state index in [0.29, 0.717) is 5.69 Å². The lowest BCUT2D eigenvalue weighted by Gasteiger charge is -2.14. The number of benzene rings is 1. The van der Waals surface area contributed by atoms with Crippen LogP contribution >= 0.6 is 0 Å². The van der Waals surface area contributed by atoms with Crippen LogP contribution in [0.1, 0.15) is 6.42 Å². The van der Waals surface area contributed by atoms with Gasteiger partial charge in [0.15, 0.2) is 0 Å². The number of nitro benzene ring substituents is 1. The number of anilines is 1. The Hall–Kier alpha value is -2.15. The fraction of sp³-hybridized carbons (Fsp3) is 0.364. The maximum absolute atomic E-state index is 10.6. The largest absolute Gasteiger partial charge is 0.481 e. The molecule has 0 saturated heterocycles. The first kappa shape index (κ1) is 13.9. The number of aliphatic carboxylic acids is 1. The van der Waals surface area contributed by atoms with E-state index < -0.39 is 17.0 Å². The van der Waals surface area contributed by atoms with Crippen LogP contribution in [0.3, 0.4) is 0 Å². The van der Waals surface area contributed by atoms with Crippen molar-refractivity contribution in [2.24, 2.45) is 0 Å². The van der Waals surface area contributed by atoms with Gasteiger partial charge in [-0.1, -0.05) is 6.07 Å². The van der Waals surface area contributed by atoms with Gasteiger partial charge in [-0.25, -0.2) is 0 Å². The van der Waals surface area contributed by atoms with Gasteiger partial charge in [0.05, 0.1) is 17.4 Å². The van der Waals surface area contributed by atoms with Gasteiger partial charge < -0.3 is 15.2 Å². The molecule has 0 saturated carbocycles. The van der Waals surface area contributed by atoms with Gasteiger partial charge in [-0.15, -0.1) is 0 Å². The Morgan fingerprint density at radius 1 is 1.61 bits per heavy atom. The van der Waals surface area contributed by atoms with Crippen LogP contribution in [0.15, 0.2) is 24.3 Å². The normalized spacial score (nSPS) is 11.8. The minimum absolute atomic E-state index is 0.0211. The van der Waals surface area contributed by atoms with Gasteiger partial charge in [0, 0.05) is 31.5 Å². The van der Waals surface area contributed by atoms with E-state index >= 15 is 0 Å². The van der Waals surface area contributed by atoms with Crippen LogP contribution in [-0.4, -0.2) is 35.8 Å². The molecule has 0 fully saturated rings. The number of rotatable bonds is 7. The number of nitrogens with zero attached hydrogens (tertiary/aromatic N) is 1. The molecule has 1 atom stereocenters. The molecular formula is C11H14N2O5. The zero-order valence-corrected chi connectivity index (χ0v) is 9.83. The molecule has 7 heteroatoms. The van der Waals surface area contributed by atoms with Crippen molar-refractivity contribution in [2.75, 3.05) is 19.0 Å². The number of ether oxygens (including phenoxy) is 1. The number of carbonyl (C=O) groups is 1. The third-order valence-electron chi connectivity index (χ3n) is 2.33. The molecule has 7 nitrogen and oxygen atoms in total. The zero-order valence-electron chi connectivity index (χ0n) is 9.83. The number of hydrogen-bond donors (Lipinski definition) is 2. The van der Waals surface area contributed by atoms with Gasteiger partial charge >= 0.3 is 5.97 Å². The maximum Gasteiger partial charge on any atom is 0.306 e. The highest BCUT2D eigenvalue weighted by atomic mass is 16.6. The van der Waals surface area contributed by atoms with Crippen LogP contribution in [0.2, 0.25) is 0 Å². The minimum atomic E-state index is -0.956. The second kappa shape index (κ2) is 6.55. The predicted octanol–water partition coefficient (Wildman–Crippen LogP) is 1.50. The van der Waals surface area contributed by atoms with E-state index in [4.69, 9.17) is 9.84 Å². The molecule has 1 aromatic rings. The molecule has 0 heterocycles. The Balaban J connectivity index is 2.59. The summed E-state index contributed by atoms with van der Waals surface area (Å²) in [7, 11) is 1.42. The van der Waals surface area contributed by atoms with Crippen molar-refractivity contribution in [3.8, 4) is 0 Å². The van der Waals surface area contributed by atoms with E-state index in [1.54, 1.807) is 12.1 Å². The van der Waals surface area contributed by atoms with Gasteiger partial charge in [-0.2, -0.15) is 0 Å². The highest BCUT2D eigenvalue weighted by molar-refractivity contribution is 5.67. The van der Waals surface area contributed by atoms with Crippen molar-refractivity contribution >= 4 is 17.3 Å². The standard InChI is InChI=1S/C11H14N2O5/c1-18-10(6-11(14)15)7-12-8-3-2-4-9(5-8)13(16)17/h2-5,10,12H,6-7H2,1H3,(H,14,15). The van der Waals surface area contributed by atoms with Gasteiger partial charge in [0.2, 0.25) is 0 Å². The highest BCUT2D eigenvalue weighted by Crippen LogP contribution is 2.17. The van der Waals surface area contributed by atoms with E-state index in [-0.39, 0.29) is 18.7 Å². The Bertz CT molecular complexity index is 435. The number of hydrogen-bond acceptors (Lipinski definition) is 5. The van der Waals surface area contributed by atoms with Crippen molar-refractivity contribution in [3.05, 3.63) is 34.4 Å². The van der Waals surface area contributed by atoms with Crippen LogP contribution in [0.25, 0.3) is 0 Å². The topological polar surface area (TPSA) is 102 Å². The monoisotopic (exact) mass is 254 g/mol. The summed E-state index contributed by atoms with van der Waals surface area (Å²) in [6.07, 6.45) is -0.611. The molecule has 0 aliphatic carbocycles. The SMILES string of the molecule is COC(CNc1cccc([N+](=O)[O-])c1)CC(=O)O. The lowest BCUT2D eigenvalue weighted by molar-refractivity contribution is -0.384. The van der Waals surface area contributed by atoms with Crippen molar-refractivity contribution in [3.63, 3.8) is 0 Å². The Morgan fingerprint density at radius 2 is 2.33 bits per heavy atom. The van der Waals surface area contributed by atoms with Crippen molar-refractivity contribution < 1.29 is 19.6 Å². The fourth-order valence-corrected chi connectivity index (χ4v) is 1.39. The number of carboxylic acid groups (broad SMARTS) is 1. The Kier molecular flexibility index (Phi) is 5.06. The molecule has 0 bridgehead atoms. The van der Waals surface area contributed by atoms with Crippen LogP contribution < -0.4 is 5.32 Å². The molecule has 98 valence electrons. The van der Waals surface area contributed by atoms with Crippen LogP contribution in [0.4, 0.5) is 11.4 Å². The number of methoxy groups -OCH3 is 1. The van der Waals surface area contributed by atoms with E-state index in [1.807, 2.05) is 0 Å². The number of non-ortho nitro benzene ring substituents is 1. The molecule has 0 aliphatic heterocycles. The first-order chi connectivity index (χ1) is 8.52. The first-order valence-electron chi connectivity index (χ1n) is 5.26. The average Bonchev–Trinajstić information content (AvgIpc) is 2.34. The third-order valence-corrected chi connectivity index (χ3v) is 2.33. The van der Waals surface area contributed by atoms with Gasteiger partial charge in [0.25, 0.3) is 5.69 Å². The summed E-state index contributed by atoms with van der Waals surface area (Å²) in [4.78, 5) is 20.6.